The zero-order valence-corrected chi connectivity index (χ0v) is 25.6. The van der Waals surface area contributed by atoms with Crippen LogP contribution >= 0.6 is 0 Å². The summed E-state index contributed by atoms with van der Waals surface area (Å²) < 4.78 is 23.8. The van der Waals surface area contributed by atoms with Crippen molar-refractivity contribution in [1.82, 2.24) is 10.6 Å². The number of likely N-dealkylation sites (N-methyl/N-ethyl adjacent to an activating group) is 1. The van der Waals surface area contributed by atoms with E-state index in [1.54, 1.807) is 7.05 Å². The summed E-state index contributed by atoms with van der Waals surface area (Å²) in [4.78, 5) is 0. The second-order valence-electron chi connectivity index (χ2n) is 13.4. The molecule has 16 nitrogen and oxygen atoms in total. The average Bonchev–Trinajstić information content (AvgIpc) is 2.96. The molecule has 258 valence electrons. The molecule has 0 aromatic rings. The molecule has 15 N–H and O–H groups in total. The van der Waals surface area contributed by atoms with E-state index in [1.807, 2.05) is 0 Å². The van der Waals surface area contributed by atoms with Gasteiger partial charge in [0.2, 0.25) is 0 Å². The molecule has 2 heterocycles. The van der Waals surface area contributed by atoms with E-state index in [-0.39, 0.29) is 32.2 Å². The Bertz CT molecular complexity index is 889. The molecule has 2 saturated heterocycles. The van der Waals surface area contributed by atoms with Gasteiger partial charge in [0.15, 0.2) is 12.6 Å². The van der Waals surface area contributed by atoms with Crippen molar-refractivity contribution in [1.29, 1.82) is 0 Å². The van der Waals surface area contributed by atoms with E-state index >= 15 is 0 Å². The number of hydrogen-bond acceptors (Lipinski definition) is 16. The van der Waals surface area contributed by atoms with Crippen LogP contribution in [0.3, 0.4) is 0 Å². The number of ether oxygens (including phenoxy) is 4. The van der Waals surface area contributed by atoms with Crippen LogP contribution in [0.15, 0.2) is 0 Å². The Morgan fingerprint density at radius 1 is 0.909 bits per heavy atom. The lowest BCUT2D eigenvalue weighted by Gasteiger charge is -2.49. The monoisotopic (exact) mass is 637 g/mol. The van der Waals surface area contributed by atoms with Crippen LogP contribution in [0.4, 0.5) is 0 Å². The molecule has 2 aliphatic heterocycles. The third-order valence-electron chi connectivity index (χ3n) is 9.72. The van der Waals surface area contributed by atoms with Crippen LogP contribution in [-0.4, -0.2) is 160 Å². The van der Waals surface area contributed by atoms with Gasteiger partial charge in [-0.25, -0.2) is 0 Å². The van der Waals surface area contributed by atoms with E-state index in [1.165, 1.54) is 6.92 Å². The van der Waals surface area contributed by atoms with Crippen molar-refractivity contribution < 1.29 is 54.7 Å². The summed E-state index contributed by atoms with van der Waals surface area (Å²) in [6.45, 7) is 2.27. The third kappa shape index (κ3) is 8.25. The number of nitrogens with one attached hydrogen (secondary N) is 2. The number of aliphatic hydroxyl groups excluding tert-OH is 6. The van der Waals surface area contributed by atoms with E-state index in [2.05, 4.69) is 10.6 Å². The van der Waals surface area contributed by atoms with Gasteiger partial charge in [0, 0.05) is 25.2 Å². The van der Waals surface area contributed by atoms with Gasteiger partial charge in [0.1, 0.15) is 48.3 Å². The fourth-order valence-corrected chi connectivity index (χ4v) is 6.97. The maximum Gasteiger partial charge on any atom is 0.187 e. The average molecular weight is 638 g/mol. The van der Waals surface area contributed by atoms with Crippen LogP contribution in [-0.2, 0) is 18.9 Å². The van der Waals surface area contributed by atoms with Gasteiger partial charge in [-0.1, -0.05) is 0 Å². The first-order valence-corrected chi connectivity index (χ1v) is 15.7. The van der Waals surface area contributed by atoms with Crippen molar-refractivity contribution in [2.24, 2.45) is 29.0 Å². The second-order valence-corrected chi connectivity index (χ2v) is 13.4. The van der Waals surface area contributed by atoms with Gasteiger partial charge in [0.05, 0.1) is 24.9 Å². The minimum atomic E-state index is -1.64. The molecule has 16 heteroatoms. The summed E-state index contributed by atoms with van der Waals surface area (Å²) in [6, 6.07) is -1.36. The van der Waals surface area contributed by atoms with Crippen molar-refractivity contribution in [2.75, 3.05) is 33.3 Å². The molecule has 15 atom stereocenters. The number of rotatable bonds is 13. The van der Waals surface area contributed by atoms with Gasteiger partial charge in [-0.15, -0.1) is 0 Å². The van der Waals surface area contributed by atoms with Crippen LogP contribution in [0.25, 0.3) is 0 Å². The summed E-state index contributed by atoms with van der Waals surface area (Å²) in [5.74, 6) is 0.00852. The molecule has 0 spiro atoms. The van der Waals surface area contributed by atoms with E-state index in [9.17, 15) is 35.7 Å². The predicted molar refractivity (Wildman–Crippen MR) is 156 cm³/mol. The van der Waals surface area contributed by atoms with E-state index in [0.717, 1.165) is 12.8 Å². The quantitative estimate of drug-likeness (QED) is 0.0898. The fraction of sp³-hybridized carbons (Fsp3) is 1.00. The first-order chi connectivity index (χ1) is 20.8. The lowest BCUT2D eigenvalue weighted by atomic mass is 9.76. The molecule has 2 unspecified atom stereocenters. The van der Waals surface area contributed by atoms with E-state index in [0.29, 0.717) is 25.3 Å². The maximum atomic E-state index is 11.6. The van der Waals surface area contributed by atoms with Crippen molar-refractivity contribution >= 4 is 0 Å². The van der Waals surface area contributed by atoms with E-state index in [4.69, 9.17) is 36.1 Å². The Kier molecular flexibility index (Phi) is 12.8. The van der Waals surface area contributed by atoms with Gasteiger partial charge >= 0.3 is 0 Å². The zero-order valence-electron chi connectivity index (χ0n) is 25.6. The van der Waals surface area contributed by atoms with Crippen LogP contribution in [0, 0.1) is 11.8 Å². The lowest BCUT2D eigenvalue weighted by molar-refractivity contribution is -0.333. The Hall–Kier alpha value is -0.640. The highest BCUT2D eigenvalue weighted by atomic mass is 16.7. The van der Waals surface area contributed by atoms with E-state index < -0.39 is 91.1 Å². The predicted octanol–water partition coefficient (Wildman–Crippen LogP) is -5.24. The standard InChI is InChI=1S/C28H55N5O11/c1-28(40)11-41-26(22(39)25(28)32-2)43-23-13(3-4-15(34)8-29)7-16(31)24(21(23)38)44-27-20(37)19(36)18(35)17(42-27)10-33-9-12-5-14(30)6-12/h12-27,32-40H,3-11,29-31H2,1-2H3/t12?,13-,14?,15?,16+,17-,18-,19+,20-,21-,22-,23+,24?,25-,26-,27-,28+/m1/s1. The second kappa shape index (κ2) is 15.5. The Morgan fingerprint density at radius 3 is 2.23 bits per heavy atom. The fourth-order valence-electron chi connectivity index (χ4n) is 6.97. The largest absolute Gasteiger partial charge is 0.392 e. The van der Waals surface area contributed by atoms with Crippen LogP contribution in [0.2, 0.25) is 0 Å². The van der Waals surface area contributed by atoms with Gasteiger partial charge in [0.25, 0.3) is 0 Å². The van der Waals surface area contributed by atoms with Crippen molar-refractivity contribution in [3.8, 4) is 0 Å². The molecule has 4 rings (SSSR count). The third-order valence-corrected chi connectivity index (χ3v) is 9.72. The molecular formula is C28H55N5O11. The maximum absolute atomic E-state index is 11.6. The Labute approximate surface area is 258 Å². The van der Waals surface area contributed by atoms with Crippen molar-refractivity contribution in [3.05, 3.63) is 0 Å². The SMILES string of the molecule is CN[C@@H]1[C@@H](O)[C@@H](O[C@H]2[C@H](CCC(O)CN)C[C@H](N)C(O[C@H]3O[C@H](CNCC4CC(N)C4)[C@@H](O)[C@H](O)[C@H]3O)[C@@H]2O)OC[C@]1(C)O. The van der Waals surface area contributed by atoms with Crippen LogP contribution in [0.1, 0.15) is 39.0 Å². The molecule has 2 saturated carbocycles. The molecule has 0 amide bonds. The smallest absolute Gasteiger partial charge is 0.187 e. The highest BCUT2D eigenvalue weighted by Gasteiger charge is 2.52. The molecule has 4 fully saturated rings. The highest BCUT2D eigenvalue weighted by Crippen LogP contribution is 2.37. The normalized spacial score (nSPS) is 49.0. The highest BCUT2D eigenvalue weighted by molar-refractivity contribution is 5.01. The molecule has 2 aliphatic carbocycles. The van der Waals surface area contributed by atoms with Gasteiger partial charge < -0.3 is 82.5 Å². The molecule has 0 bridgehead atoms. The van der Waals surface area contributed by atoms with Crippen molar-refractivity contribution in [2.45, 2.75) is 130 Å². The summed E-state index contributed by atoms with van der Waals surface area (Å²) in [5, 5.41) is 81.3. The molecule has 0 radical (unpaired) electrons. The molecule has 0 aromatic heterocycles. The van der Waals surface area contributed by atoms with Crippen LogP contribution < -0.4 is 27.8 Å². The molecular weight excluding hydrogens is 582 g/mol. The van der Waals surface area contributed by atoms with Gasteiger partial charge in [-0.05, 0) is 64.5 Å². The first-order valence-electron chi connectivity index (χ1n) is 15.7. The van der Waals surface area contributed by atoms with Crippen molar-refractivity contribution in [3.63, 3.8) is 0 Å². The molecule has 44 heavy (non-hydrogen) atoms. The molecule has 4 aliphatic rings. The Morgan fingerprint density at radius 2 is 1.59 bits per heavy atom. The number of hydrogen-bond donors (Lipinski definition) is 12. The zero-order chi connectivity index (χ0) is 32.3. The van der Waals surface area contributed by atoms with Gasteiger partial charge in [-0.2, -0.15) is 0 Å². The lowest BCUT2D eigenvalue weighted by Crippen LogP contribution is -2.67. The summed E-state index contributed by atoms with van der Waals surface area (Å²) >= 11 is 0. The minimum Gasteiger partial charge on any atom is -0.392 e. The number of aliphatic hydroxyl groups is 7. The van der Waals surface area contributed by atoms with Crippen LogP contribution in [0.5, 0.6) is 0 Å². The Balaban J connectivity index is 1.46. The topological polar surface area (TPSA) is 281 Å². The number of nitrogens with two attached hydrogens (primary N) is 3. The molecule has 0 aromatic carbocycles. The first kappa shape index (κ1) is 36.2. The van der Waals surface area contributed by atoms with Gasteiger partial charge in [-0.3, -0.25) is 0 Å². The summed E-state index contributed by atoms with van der Waals surface area (Å²) in [5.41, 5.74) is 16.5. The minimum absolute atomic E-state index is 0.0528. The summed E-state index contributed by atoms with van der Waals surface area (Å²) in [6.07, 6.45) is -11.1. The summed E-state index contributed by atoms with van der Waals surface area (Å²) in [7, 11) is 1.59.